The Labute approximate surface area is 306 Å². The number of carbonyl (C=O) groups excluding carboxylic acids is 4. The lowest BCUT2D eigenvalue weighted by Gasteiger charge is -2.50. The molecule has 0 spiro atoms. The maximum Gasteiger partial charge on any atom is 0.246 e. The van der Waals surface area contributed by atoms with Crippen molar-refractivity contribution in [2.45, 2.75) is 37.5 Å². The number of rotatable bonds is 8. The normalized spacial score (nSPS) is 26.6. The van der Waals surface area contributed by atoms with Gasteiger partial charge in [-0.3, -0.25) is 24.1 Å². The Hall–Kier alpha value is -5.41. The summed E-state index contributed by atoms with van der Waals surface area (Å²) in [6.45, 7) is 2.28. The van der Waals surface area contributed by atoms with E-state index < -0.39 is 46.8 Å². The number of anilines is 1. The van der Waals surface area contributed by atoms with Crippen LogP contribution in [0.3, 0.4) is 0 Å². The average molecular weight is 717 g/mol. The number of benzene rings is 4. The first-order valence-electron chi connectivity index (χ1n) is 17.6. The number of halogens is 1. The van der Waals surface area contributed by atoms with Crippen LogP contribution in [0, 0.1) is 23.7 Å². The summed E-state index contributed by atoms with van der Waals surface area (Å²) in [5.74, 6) is -4.96. The van der Waals surface area contributed by atoms with Crippen LogP contribution in [0.5, 0.6) is 17.2 Å². The Morgan fingerprint density at radius 3 is 2.33 bits per heavy atom. The molecule has 2 heterocycles. The maximum absolute atomic E-state index is 15.4. The van der Waals surface area contributed by atoms with E-state index in [4.69, 9.17) is 16.3 Å². The van der Waals surface area contributed by atoms with Gasteiger partial charge in [0.05, 0.1) is 35.5 Å². The van der Waals surface area contributed by atoms with E-state index in [1.54, 1.807) is 66.7 Å². The number of hydrogen-bond donors (Lipinski definition) is 2. The molecule has 2 aliphatic carbocycles. The predicted octanol–water partition coefficient (Wildman–Crippen LogP) is 6.56. The molecule has 3 fully saturated rings. The fourth-order valence-electron chi connectivity index (χ4n) is 9.32. The zero-order valence-electron chi connectivity index (χ0n) is 28.4. The fraction of sp³-hybridized carbons (Fsp3) is 0.286. The van der Waals surface area contributed by atoms with Gasteiger partial charge >= 0.3 is 0 Å². The molecule has 1 saturated carbocycles. The standard InChI is InChI=1S/C42H37ClN2O7/c1-2-52-34-13-7-12-31(37(34)47)36-29-18-19-30-35(40(50)44(38(30)48)21-20-24-14-16-28(46)17-15-24)32(29)23-33-39(49)45(27-11-6-10-26(43)22-27)41(51)42(33,36)25-8-4-3-5-9-25/h3-18,22,30,32-33,35-36,46-47H,2,19-21,23H2,1H3. The molecule has 6 atom stereocenters. The van der Waals surface area contributed by atoms with Gasteiger partial charge in [-0.2, -0.15) is 0 Å². The van der Waals surface area contributed by atoms with Crippen LogP contribution >= 0.6 is 11.6 Å². The van der Waals surface area contributed by atoms with Gasteiger partial charge in [0.1, 0.15) is 5.75 Å². The summed E-state index contributed by atoms with van der Waals surface area (Å²) in [7, 11) is 0. The number of fused-ring (bicyclic) bond motifs is 4. The number of nitrogens with zero attached hydrogens (tertiary/aromatic N) is 2. The average Bonchev–Trinajstić information content (AvgIpc) is 3.53. The number of likely N-dealkylation sites (tertiary alicyclic amines) is 1. The third kappa shape index (κ3) is 5.05. The van der Waals surface area contributed by atoms with Crippen LogP contribution in [0.4, 0.5) is 5.69 Å². The number of aromatic hydroxyl groups is 2. The highest BCUT2D eigenvalue weighted by atomic mass is 35.5. The van der Waals surface area contributed by atoms with Crippen molar-refractivity contribution < 1.29 is 34.1 Å². The number of ether oxygens (including phenoxy) is 1. The summed E-state index contributed by atoms with van der Waals surface area (Å²) >= 11 is 6.40. The minimum Gasteiger partial charge on any atom is -0.508 e. The Kier molecular flexibility index (Phi) is 8.41. The maximum atomic E-state index is 15.4. The van der Waals surface area contributed by atoms with Crippen LogP contribution in [0.25, 0.3) is 0 Å². The second-order valence-corrected chi connectivity index (χ2v) is 14.4. The summed E-state index contributed by atoms with van der Waals surface area (Å²) in [6, 6.07) is 27.7. The van der Waals surface area contributed by atoms with Crippen molar-refractivity contribution in [1.29, 1.82) is 0 Å². The van der Waals surface area contributed by atoms with Gasteiger partial charge in [0.15, 0.2) is 11.5 Å². The smallest absolute Gasteiger partial charge is 0.246 e. The summed E-state index contributed by atoms with van der Waals surface area (Å²) in [5, 5.41) is 22.0. The van der Waals surface area contributed by atoms with E-state index in [9.17, 15) is 24.6 Å². The number of allylic oxidation sites excluding steroid dienone is 2. The quantitative estimate of drug-likeness (QED) is 0.157. The van der Waals surface area contributed by atoms with E-state index >= 15 is 4.79 Å². The molecular formula is C42H37ClN2O7. The van der Waals surface area contributed by atoms with Gasteiger partial charge < -0.3 is 14.9 Å². The van der Waals surface area contributed by atoms with Crippen molar-refractivity contribution in [1.82, 2.24) is 4.90 Å². The van der Waals surface area contributed by atoms with Crippen molar-refractivity contribution >= 4 is 40.9 Å². The Balaban J connectivity index is 1.29. The van der Waals surface area contributed by atoms with E-state index in [2.05, 4.69) is 0 Å². The minimum absolute atomic E-state index is 0.131. The van der Waals surface area contributed by atoms with Crippen molar-refractivity contribution in [3.05, 3.63) is 130 Å². The summed E-state index contributed by atoms with van der Waals surface area (Å²) in [5.41, 5.74) is 1.46. The molecule has 2 aliphatic heterocycles. The Morgan fingerprint density at radius 2 is 1.60 bits per heavy atom. The number of phenolic OH excluding ortho intramolecular Hbond substituents is 2. The van der Waals surface area contributed by atoms with E-state index in [-0.39, 0.29) is 48.4 Å². The molecular weight excluding hydrogens is 680 g/mol. The SMILES string of the molecule is CCOc1cccc(C2C3=CCC4C(=O)N(CCc5ccc(O)cc5)C(=O)C4C3CC3C(=O)N(c4cccc(Cl)c4)C(=O)C32c2ccccc2)c1O. The molecule has 52 heavy (non-hydrogen) atoms. The van der Waals surface area contributed by atoms with Crippen LogP contribution in [0.1, 0.15) is 42.4 Å². The molecule has 6 unspecified atom stereocenters. The Morgan fingerprint density at radius 1 is 0.846 bits per heavy atom. The molecule has 4 aromatic rings. The van der Waals surface area contributed by atoms with Crippen molar-refractivity contribution in [3.8, 4) is 17.2 Å². The molecule has 2 saturated heterocycles. The second kappa shape index (κ2) is 13.0. The van der Waals surface area contributed by atoms with Crippen molar-refractivity contribution in [3.63, 3.8) is 0 Å². The van der Waals surface area contributed by atoms with E-state index in [0.717, 1.165) is 11.1 Å². The van der Waals surface area contributed by atoms with Crippen LogP contribution in [-0.2, 0) is 31.0 Å². The topological polar surface area (TPSA) is 124 Å². The molecule has 0 bridgehead atoms. The number of amides is 4. The molecule has 4 aromatic carbocycles. The van der Waals surface area contributed by atoms with Gasteiger partial charge in [-0.25, -0.2) is 4.90 Å². The lowest BCUT2D eigenvalue weighted by atomic mass is 9.49. The third-order valence-corrected chi connectivity index (χ3v) is 11.7. The Bertz CT molecular complexity index is 2130. The second-order valence-electron chi connectivity index (χ2n) is 14.0. The van der Waals surface area contributed by atoms with E-state index in [0.29, 0.717) is 34.9 Å². The highest BCUT2D eigenvalue weighted by Crippen LogP contribution is 2.65. The number of hydrogen-bond acceptors (Lipinski definition) is 7. The predicted molar refractivity (Wildman–Crippen MR) is 194 cm³/mol. The molecule has 10 heteroatoms. The van der Waals surface area contributed by atoms with Crippen LogP contribution in [-0.4, -0.2) is 51.9 Å². The highest BCUT2D eigenvalue weighted by Gasteiger charge is 2.70. The van der Waals surface area contributed by atoms with Crippen LogP contribution < -0.4 is 9.64 Å². The van der Waals surface area contributed by atoms with Crippen molar-refractivity contribution in [2.75, 3.05) is 18.1 Å². The number of carbonyl (C=O) groups is 4. The number of phenols is 2. The van der Waals surface area contributed by atoms with Crippen molar-refractivity contribution in [2.24, 2.45) is 23.7 Å². The van der Waals surface area contributed by atoms with Gasteiger partial charge in [-0.15, -0.1) is 0 Å². The van der Waals surface area contributed by atoms with Gasteiger partial charge in [0, 0.05) is 23.0 Å². The first-order valence-corrected chi connectivity index (χ1v) is 18.0. The molecule has 9 nitrogen and oxygen atoms in total. The summed E-state index contributed by atoms with van der Waals surface area (Å²) < 4.78 is 5.82. The molecule has 264 valence electrons. The molecule has 8 rings (SSSR count). The molecule has 2 N–H and O–H groups in total. The zero-order valence-corrected chi connectivity index (χ0v) is 29.2. The first-order chi connectivity index (χ1) is 25.2. The molecule has 4 amide bonds. The van der Waals surface area contributed by atoms with Gasteiger partial charge in [-0.05, 0) is 79.6 Å². The van der Waals surface area contributed by atoms with Crippen LogP contribution in [0.15, 0.2) is 109 Å². The fourth-order valence-corrected chi connectivity index (χ4v) is 9.51. The monoisotopic (exact) mass is 716 g/mol. The zero-order chi connectivity index (χ0) is 36.3. The summed E-state index contributed by atoms with van der Waals surface area (Å²) in [4.78, 5) is 61.2. The summed E-state index contributed by atoms with van der Waals surface area (Å²) in [6.07, 6.45) is 2.81. The van der Waals surface area contributed by atoms with Gasteiger partial charge in [0.2, 0.25) is 23.6 Å². The first kappa shape index (κ1) is 33.7. The van der Waals surface area contributed by atoms with E-state index in [1.807, 2.05) is 43.3 Å². The number of imide groups is 2. The largest absolute Gasteiger partial charge is 0.508 e. The van der Waals surface area contributed by atoms with E-state index in [1.165, 1.54) is 9.80 Å². The lowest BCUT2D eigenvalue weighted by molar-refractivity contribution is -0.140. The molecule has 4 aliphatic rings. The number of para-hydroxylation sites is 1. The van der Waals surface area contributed by atoms with Gasteiger partial charge in [0.25, 0.3) is 0 Å². The van der Waals surface area contributed by atoms with Crippen LogP contribution in [0.2, 0.25) is 5.02 Å². The highest BCUT2D eigenvalue weighted by molar-refractivity contribution is 6.32. The molecule has 0 radical (unpaired) electrons. The molecule has 0 aromatic heterocycles. The lowest BCUT2D eigenvalue weighted by Crippen LogP contribution is -2.53. The third-order valence-electron chi connectivity index (χ3n) is 11.5. The van der Waals surface area contributed by atoms with Gasteiger partial charge in [-0.1, -0.05) is 83.9 Å². The minimum atomic E-state index is -1.51.